The molecule has 4 aromatic rings. The van der Waals surface area contributed by atoms with Gasteiger partial charge >= 0.3 is 0 Å². The summed E-state index contributed by atoms with van der Waals surface area (Å²) < 4.78 is 5.25. The Morgan fingerprint density at radius 1 is 1.11 bits per heavy atom. The Balaban J connectivity index is 1.61. The van der Waals surface area contributed by atoms with Crippen molar-refractivity contribution in [3.05, 3.63) is 75.3 Å². The van der Waals surface area contributed by atoms with Gasteiger partial charge in [-0.25, -0.2) is 4.98 Å². The molecule has 2 aromatic heterocycles. The molecular weight excluding hydrogens is 417 g/mol. The number of aromatic nitrogens is 2. The van der Waals surface area contributed by atoms with Crippen LogP contribution in [-0.2, 0) is 0 Å². The number of aryl methyl sites for hydroxylation is 1. The highest BCUT2D eigenvalue weighted by Crippen LogP contribution is 2.32. The maximum Gasteiger partial charge on any atom is 0.263 e. The van der Waals surface area contributed by atoms with Crippen LogP contribution in [0.15, 0.2) is 58.4 Å². The number of halogens is 2. The number of nitrogens with one attached hydrogen (secondary N) is 1. The molecule has 0 spiro atoms. The van der Waals surface area contributed by atoms with E-state index in [0.717, 1.165) is 11.3 Å². The standard InChI is InChI=1S/C20H13Cl2N3O2S/c1-11-17(18(25-27-11)14-4-2-3-5-15(14)22)19(26)24-20-23-16(10-28-20)12-6-8-13(21)9-7-12/h2-10H,1H3,(H,23,24,26). The third-order valence-corrected chi connectivity index (χ3v) is 5.42. The summed E-state index contributed by atoms with van der Waals surface area (Å²) in [6, 6.07) is 14.5. The fraction of sp³-hybridized carbons (Fsp3) is 0.0500. The maximum atomic E-state index is 12.9. The molecule has 28 heavy (non-hydrogen) atoms. The third kappa shape index (κ3) is 3.67. The monoisotopic (exact) mass is 429 g/mol. The summed E-state index contributed by atoms with van der Waals surface area (Å²) in [5.41, 5.74) is 3.03. The fourth-order valence-corrected chi connectivity index (χ4v) is 3.79. The van der Waals surface area contributed by atoms with Crippen LogP contribution >= 0.6 is 34.5 Å². The molecule has 0 aliphatic heterocycles. The highest BCUT2D eigenvalue weighted by molar-refractivity contribution is 7.14. The van der Waals surface area contributed by atoms with Crippen LogP contribution in [0.2, 0.25) is 10.0 Å². The second-order valence-electron chi connectivity index (χ2n) is 5.94. The Morgan fingerprint density at radius 2 is 1.86 bits per heavy atom. The number of hydrogen-bond donors (Lipinski definition) is 1. The van der Waals surface area contributed by atoms with E-state index in [2.05, 4.69) is 15.5 Å². The normalized spacial score (nSPS) is 10.8. The number of amides is 1. The average Bonchev–Trinajstić information content (AvgIpc) is 3.29. The van der Waals surface area contributed by atoms with E-state index in [0.29, 0.717) is 37.8 Å². The fourth-order valence-electron chi connectivity index (χ4n) is 2.72. The number of rotatable bonds is 4. The van der Waals surface area contributed by atoms with Crippen LogP contribution in [0.25, 0.3) is 22.5 Å². The van der Waals surface area contributed by atoms with Crippen molar-refractivity contribution in [2.45, 2.75) is 6.92 Å². The first-order valence-electron chi connectivity index (χ1n) is 8.27. The zero-order valence-electron chi connectivity index (χ0n) is 14.6. The van der Waals surface area contributed by atoms with Crippen LogP contribution in [0.4, 0.5) is 5.13 Å². The Kier molecular flexibility index (Phi) is 5.17. The van der Waals surface area contributed by atoms with Gasteiger partial charge < -0.3 is 4.52 Å². The van der Waals surface area contributed by atoms with Gasteiger partial charge in [0.05, 0.1) is 10.7 Å². The average molecular weight is 430 g/mol. The van der Waals surface area contributed by atoms with Crippen LogP contribution in [0.5, 0.6) is 0 Å². The van der Waals surface area contributed by atoms with Crippen molar-refractivity contribution in [1.29, 1.82) is 0 Å². The molecule has 0 fully saturated rings. The van der Waals surface area contributed by atoms with E-state index < -0.39 is 0 Å². The minimum Gasteiger partial charge on any atom is -0.360 e. The number of nitrogens with zero attached hydrogens (tertiary/aromatic N) is 2. The summed E-state index contributed by atoms with van der Waals surface area (Å²) in [5, 5.41) is 10.3. The molecule has 2 aromatic carbocycles. The van der Waals surface area contributed by atoms with Gasteiger partial charge in [0.1, 0.15) is 17.0 Å². The second-order valence-corrected chi connectivity index (χ2v) is 7.64. The van der Waals surface area contributed by atoms with Crippen LogP contribution in [0.3, 0.4) is 0 Å². The van der Waals surface area contributed by atoms with Crippen LogP contribution in [-0.4, -0.2) is 16.0 Å². The van der Waals surface area contributed by atoms with Gasteiger partial charge in [-0.2, -0.15) is 0 Å². The van der Waals surface area contributed by atoms with Crippen molar-refractivity contribution in [1.82, 2.24) is 10.1 Å². The Bertz CT molecular complexity index is 1150. The largest absolute Gasteiger partial charge is 0.360 e. The lowest BCUT2D eigenvalue weighted by molar-refractivity contribution is 0.102. The second kappa shape index (κ2) is 7.75. The van der Waals surface area contributed by atoms with E-state index in [1.165, 1.54) is 11.3 Å². The predicted molar refractivity (Wildman–Crippen MR) is 112 cm³/mol. The first-order chi connectivity index (χ1) is 13.5. The summed E-state index contributed by atoms with van der Waals surface area (Å²) >= 11 is 13.5. The number of benzene rings is 2. The number of carbonyl (C=O) groups is 1. The summed E-state index contributed by atoms with van der Waals surface area (Å²) in [6.07, 6.45) is 0. The lowest BCUT2D eigenvalue weighted by Crippen LogP contribution is -2.13. The molecule has 140 valence electrons. The molecule has 0 bridgehead atoms. The van der Waals surface area contributed by atoms with Crippen LogP contribution in [0, 0.1) is 6.92 Å². The van der Waals surface area contributed by atoms with Crippen LogP contribution < -0.4 is 5.32 Å². The number of anilines is 1. The van der Waals surface area contributed by atoms with E-state index in [1.807, 2.05) is 29.6 Å². The van der Waals surface area contributed by atoms with E-state index >= 15 is 0 Å². The van der Waals surface area contributed by atoms with E-state index in [-0.39, 0.29) is 5.91 Å². The SMILES string of the molecule is Cc1onc(-c2ccccc2Cl)c1C(=O)Nc1nc(-c2ccc(Cl)cc2)cs1. The lowest BCUT2D eigenvalue weighted by Gasteiger charge is -2.04. The summed E-state index contributed by atoms with van der Waals surface area (Å²) in [6.45, 7) is 1.68. The smallest absolute Gasteiger partial charge is 0.263 e. The van der Waals surface area contributed by atoms with Crippen molar-refractivity contribution < 1.29 is 9.32 Å². The highest BCUT2D eigenvalue weighted by Gasteiger charge is 2.23. The van der Waals surface area contributed by atoms with Gasteiger partial charge in [0, 0.05) is 21.5 Å². The zero-order valence-corrected chi connectivity index (χ0v) is 16.9. The quantitative estimate of drug-likeness (QED) is 0.411. The summed E-state index contributed by atoms with van der Waals surface area (Å²) in [7, 11) is 0. The van der Waals surface area contributed by atoms with Gasteiger partial charge in [-0.1, -0.05) is 58.7 Å². The first-order valence-corrected chi connectivity index (χ1v) is 9.90. The van der Waals surface area contributed by atoms with E-state index in [1.54, 1.807) is 31.2 Å². The van der Waals surface area contributed by atoms with Gasteiger partial charge in [-0.3, -0.25) is 10.1 Å². The Hall–Kier alpha value is -2.67. The van der Waals surface area contributed by atoms with Crippen molar-refractivity contribution in [3.8, 4) is 22.5 Å². The predicted octanol–water partition coefficient (Wildman–Crippen LogP) is 6.33. The highest BCUT2D eigenvalue weighted by atomic mass is 35.5. The molecule has 0 atom stereocenters. The van der Waals surface area contributed by atoms with Crippen molar-refractivity contribution in [2.75, 3.05) is 5.32 Å². The topological polar surface area (TPSA) is 68.0 Å². The molecular formula is C20H13Cl2N3O2S. The Morgan fingerprint density at radius 3 is 2.61 bits per heavy atom. The van der Waals surface area contributed by atoms with Gasteiger partial charge in [0.2, 0.25) is 0 Å². The molecule has 5 nitrogen and oxygen atoms in total. The molecule has 0 aliphatic carbocycles. The number of carbonyl (C=O) groups excluding carboxylic acids is 1. The molecule has 0 saturated carbocycles. The van der Waals surface area contributed by atoms with Crippen molar-refractivity contribution in [2.24, 2.45) is 0 Å². The maximum absolute atomic E-state index is 12.9. The lowest BCUT2D eigenvalue weighted by atomic mass is 10.1. The molecule has 0 aliphatic rings. The first kappa shape index (κ1) is 18.7. The molecule has 2 heterocycles. The minimum absolute atomic E-state index is 0.330. The molecule has 0 saturated heterocycles. The molecule has 0 radical (unpaired) electrons. The minimum atomic E-state index is -0.356. The van der Waals surface area contributed by atoms with E-state index in [4.69, 9.17) is 27.7 Å². The molecule has 1 N–H and O–H groups in total. The molecule has 1 amide bonds. The van der Waals surface area contributed by atoms with Gasteiger partial charge in [0.25, 0.3) is 5.91 Å². The van der Waals surface area contributed by atoms with Gasteiger partial charge in [-0.05, 0) is 25.1 Å². The third-order valence-electron chi connectivity index (χ3n) is 4.08. The van der Waals surface area contributed by atoms with Crippen LogP contribution in [0.1, 0.15) is 16.1 Å². The van der Waals surface area contributed by atoms with Crippen molar-refractivity contribution >= 4 is 45.6 Å². The summed E-state index contributed by atoms with van der Waals surface area (Å²) in [4.78, 5) is 17.4. The Labute approximate surface area is 174 Å². The van der Waals surface area contributed by atoms with Crippen molar-refractivity contribution in [3.63, 3.8) is 0 Å². The summed E-state index contributed by atoms with van der Waals surface area (Å²) in [5.74, 6) is 0.0487. The van der Waals surface area contributed by atoms with Gasteiger partial charge in [-0.15, -0.1) is 11.3 Å². The molecule has 4 rings (SSSR count). The number of hydrogen-bond acceptors (Lipinski definition) is 5. The molecule has 0 unspecified atom stereocenters. The zero-order chi connectivity index (χ0) is 19.7. The molecule has 8 heteroatoms. The van der Waals surface area contributed by atoms with Gasteiger partial charge in [0.15, 0.2) is 5.13 Å². The van der Waals surface area contributed by atoms with E-state index in [9.17, 15) is 4.79 Å². The number of thiazole rings is 1.